The van der Waals surface area contributed by atoms with E-state index >= 15 is 0 Å². The third kappa shape index (κ3) is 6.26. The number of amidine groups is 1. The van der Waals surface area contributed by atoms with Gasteiger partial charge in [0.15, 0.2) is 0 Å². The maximum Gasteiger partial charge on any atom is 0.419 e. The highest BCUT2D eigenvalue weighted by Gasteiger charge is 2.22. The van der Waals surface area contributed by atoms with Crippen LogP contribution < -0.4 is 0 Å². The average molecular weight is 303 g/mol. The van der Waals surface area contributed by atoms with Crippen molar-refractivity contribution in [1.29, 1.82) is 0 Å². The van der Waals surface area contributed by atoms with Gasteiger partial charge in [0.05, 0.1) is 0 Å². The Balaban J connectivity index is 4.93. The summed E-state index contributed by atoms with van der Waals surface area (Å²) in [6.45, 7) is 10.9. The van der Waals surface area contributed by atoms with Gasteiger partial charge in [-0.05, 0) is 25.8 Å². The van der Waals surface area contributed by atoms with Crippen molar-refractivity contribution in [3.63, 3.8) is 0 Å². The summed E-state index contributed by atoms with van der Waals surface area (Å²) >= 11 is 3.12. The summed E-state index contributed by atoms with van der Waals surface area (Å²) in [4.78, 5) is 18.9. The number of amides is 1. The van der Waals surface area contributed by atoms with Gasteiger partial charge in [-0.3, -0.25) is 0 Å². The highest BCUT2D eigenvalue weighted by molar-refractivity contribution is 9.11. The number of ether oxygens (including phenoxy) is 1. The second-order valence-electron chi connectivity index (χ2n) is 4.21. The van der Waals surface area contributed by atoms with E-state index in [0.29, 0.717) is 12.3 Å². The van der Waals surface area contributed by atoms with E-state index in [1.54, 1.807) is 11.2 Å². The van der Waals surface area contributed by atoms with Crippen LogP contribution in [0.25, 0.3) is 0 Å². The molecule has 0 aliphatic carbocycles. The van der Waals surface area contributed by atoms with E-state index in [4.69, 9.17) is 4.74 Å². The molecule has 0 bridgehead atoms. The lowest BCUT2D eigenvalue weighted by Gasteiger charge is -2.25. The van der Waals surface area contributed by atoms with Crippen LogP contribution in [-0.4, -0.2) is 22.4 Å². The van der Waals surface area contributed by atoms with Crippen molar-refractivity contribution in [1.82, 2.24) is 4.90 Å². The van der Waals surface area contributed by atoms with Gasteiger partial charge in [0.1, 0.15) is 11.4 Å². The van der Waals surface area contributed by atoms with Crippen molar-refractivity contribution in [3.8, 4) is 0 Å². The van der Waals surface area contributed by atoms with Gasteiger partial charge >= 0.3 is 6.09 Å². The van der Waals surface area contributed by atoms with Crippen molar-refractivity contribution >= 4 is 27.9 Å². The number of carbonyl (C=O) groups excluding carboxylic acids is 1. The standard InChI is InChI=1S/C12H19BrN2O2/c1-6-10(14-9-8-13)15(7-2)11(16)17-12(3,4)5/h7-9H,2,6H2,1,3-5H3/b9-8-,14-10+. The molecule has 5 heteroatoms. The number of hydrogen-bond acceptors (Lipinski definition) is 3. The lowest BCUT2D eigenvalue weighted by Crippen LogP contribution is -2.37. The zero-order valence-corrected chi connectivity index (χ0v) is 12.3. The minimum Gasteiger partial charge on any atom is -0.443 e. The molecule has 0 aromatic heterocycles. The van der Waals surface area contributed by atoms with Crippen molar-refractivity contribution < 1.29 is 9.53 Å². The molecule has 0 atom stereocenters. The Morgan fingerprint density at radius 3 is 2.47 bits per heavy atom. The van der Waals surface area contributed by atoms with E-state index in [1.165, 1.54) is 11.1 Å². The molecular weight excluding hydrogens is 284 g/mol. The van der Waals surface area contributed by atoms with Crippen LogP contribution in [0.5, 0.6) is 0 Å². The third-order valence-corrected chi connectivity index (χ3v) is 1.88. The fraction of sp³-hybridized carbons (Fsp3) is 0.500. The lowest BCUT2D eigenvalue weighted by molar-refractivity contribution is 0.0424. The van der Waals surface area contributed by atoms with Gasteiger partial charge in [0, 0.05) is 18.8 Å². The molecule has 0 saturated heterocycles. The first-order valence-corrected chi connectivity index (χ1v) is 6.24. The van der Waals surface area contributed by atoms with E-state index in [2.05, 4.69) is 27.5 Å². The van der Waals surface area contributed by atoms with Crippen LogP contribution in [0.1, 0.15) is 34.1 Å². The second kappa shape index (κ2) is 7.27. The van der Waals surface area contributed by atoms with Crippen molar-refractivity contribution in [2.24, 2.45) is 4.99 Å². The second-order valence-corrected chi connectivity index (χ2v) is 4.74. The van der Waals surface area contributed by atoms with Gasteiger partial charge in [-0.1, -0.05) is 29.4 Å². The topological polar surface area (TPSA) is 41.9 Å². The van der Waals surface area contributed by atoms with Gasteiger partial charge in [0.25, 0.3) is 0 Å². The summed E-state index contributed by atoms with van der Waals surface area (Å²) in [5.41, 5.74) is -0.539. The Morgan fingerprint density at radius 1 is 1.53 bits per heavy atom. The quantitative estimate of drug-likeness (QED) is 0.583. The van der Waals surface area contributed by atoms with Gasteiger partial charge in [0.2, 0.25) is 0 Å². The van der Waals surface area contributed by atoms with Crippen molar-refractivity contribution in [2.45, 2.75) is 39.7 Å². The summed E-state index contributed by atoms with van der Waals surface area (Å²) in [5.74, 6) is 0.574. The highest BCUT2D eigenvalue weighted by atomic mass is 79.9. The van der Waals surface area contributed by atoms with Crippen LogP contribution in [0.3, 0.4) is 0 Å². The molecule has 0 unspecified atom stereocenters. The van der Waals surface area contributed by atoms with Crippen LogP contribution in [0, 0.1) is 0 Å². The molecular formula is C12H19BrN2O2. The Hall–Kier alpha value is -1.10. The maximum atomic E-state index is 11.9. The molecule has 1 amide bonds. The van der Waals surface area contributed by atoms with Crippen LogP contribution in [0.15, 0.2) is 29.0 Å². The van der Waals surface area contributed by atoms with Crippen LogP contribution in [-0.2, 0) is 4.74 Å². The van der Waals surface area contributed by atoms with Gasteiger partial charge in [-0.25, -0.2) is 14.7 Å². The van der Waals surface area contributed by atoms with E-state index in [1.807, 2.05) is 27.7 Å². The summed E-state index contributed by atoms with van der Waals surface area (Å²) in [7, 11) is 0. The summed E-state index contributed by atoms with van der Waals surface area (Å²) in [6, 6.07) is 0. The normalized spacial score (nSPS) is 12.6. The number of carbonyl (C=O) groups is 1. The number of halogens is 1. The van der Waals surface area contributed by atoms with Crippen LogP contribution in [0.4, 0.5) is 4.79 Å². The molecule has 0 radical (unpaired) electrons. The highest BCUT2D eigenvalue weighted by Crippen LogP contribution is 2.11. The zero-order valence-electron chi connectivity index (χ0n) is 10.7. The Morgan fingerprint density at radius 2 is 2.12 bits per heavy atom. The van der Waals surface area contributed by atoms with Crippen molar-refractivity contribution in [2.75, 3.05) is 0 Å². The first-order valence-electron chi connectivity index (χ1n) is 5.32. The fourth-order valence-electron chi connectivity index (χ4n) is 1.03. The number of aliphatic imine (C=N–C) groups is 1. The largest absolute Gasteiger partial charge is 0.443 e. The van der Waals surface area contributed by atoms with E-state index in [9.17, 15) is 4.79 Å². The monoisotopic (exact) mass is 302 g/mol. The first-order chi connectivity index (χ1) is 7.85. The smallest absolute Gasteiger partial charge is 0.419 e. The Kier molecular flexibility index (Phi) is 6.80. The minimum absolute atomic E-state index is 0.476. The summed E-state index contributed by atoms with van der Waals surface area (Å²) < 4.78 is 5.25. The van der Waals surface area contributed by atoms with E-state index < -0.39 is 11.7 Å². The molecule has 0 fully saturated rings. The van der Waals surface area contributed by atoms with Gasteiger partial charge in [-0.15, -0.1) is 0 Å². The van der Waals surface area contributed by atoms with Crippen LogP contribution in [0.2, 0.25) is 0 Å². The number of hydrogen-bond donors (Lipinski definition) is 0. The van der Waals surface area contributed by atoms with E-state index in [0.717, 1.165) is 0 Å². The minimum atomic E-state index is -0.539. The fourth-order valence-corrected chi connectivity index (χ4v) is 1.15. The molecule has 0 aliphatic heterocycles. The SMILES string of the molecule is C=CN(C(=O)OC(C)(C)C)/C(CC)=N/C=C\Br. The van der Waals surface area contributed by atoms with Gasteiger partial charge in [-0.2, -0.15) is 0 Å². The molecule has 0 spiro atoms. The molecule has 0 N–H and O–H groups in total. The lowest BCUT2D eigenvalue weighted by atomic mass is 10.2. The summed E-state index contributed by atoms with van der Waals surface area (Å²) in [5, 5.41) is 0. The Bertz CT molecular complexity index is 330. The molecule has 96 valence electrons. The molecule has 0 aromatic rings. The molecule has 0 heterocycles. The molecule has 0 saturated carbocycles. The summed E-state index contributed by atoms with van der Waals surface area (Å²) in [6.07, 6.45) is 3.08. The average Bonchev–Trinajstić information content (AvgIpc) is 2.21. The number of nitrogens with zero attached hydrogens (tertiary/aromatic N) is 2. The third-order valence-electron chi connectivity index (χ3n) is 1.65. The molecule has 0 aliphatic rings. The number of rotatable bonds is 3. The molecule has 0 aromatic carbocycles. The zero-order chi connectivity index (χ0) is 13.5. The van der Waals surface area contributed by atoms with Crippen molar-refractivity contribution in [3.05, 3.63) is 24.0 Å². The van der Waals surface area contributed by atoms with Crippen LogP contribution >= 0.6 is 15.9 Å². The first kappa shape index (κ1) is 15.9. The molecule has 17 heavy (non-hydrogen) atoms. The molecule has 0 rings (SSSR count). The Labute approximate surface area is 111 Å². The molecule has 4 nitrogen and oxygen atoms in total. The maximum absolute atomic E-state index is 11.9. The van der Waals surface area contributed by atoms with Gasteiger partial charge < -0.3 is 4.74 Å². The van der Waals surface area contributed by atoms with E-state index in [-0.39, 0.29) is 0 Å². The predicted octanol–water partition coefficient (Wildman–Crippen LogP) is 4.04. The predicted molar refractivity (Wildman–Crippen MR) is 74.1 cm³/mol.